The smallest absolute Gasteiger partial charge is 0.319 e. The Morgan fingerprint density at radius 1 is 1.25 bits per heavy atom. The molecule has 0 saturated heterocycles. The van der Waals surface area contributed by atoms with E-state index in [0.29, 0.717) is 34.1 Å². The minimum absolute atomic E-state index is 0.195. The highest BCUT2D eigenvalue weighted by molar-refractivity contribution is 6.42. The van der Waals surface area contributed by atoms with Crippen molar-refractivity contribution in [3.8, 4) is 0 Å². The highest BCUT2D eigenvalue weighted by atomic mass is 35.5. The molecule has 2 atom stereocenters. The van der Waals surface area contributed by atoms with Crippen LogP contribution in [0.5, 0.6) is 0 Å². The van der Waals surface area contributed by atoms with Gasteiger partial charge in [-0.1, -0.05) is 29.6 Å². The lowest BCUT2D eigenvalue weighted by molar-refractivity contribution is 0.192. The molecule has 1 aromatic carbocycles. The van der Waals surface area contributed by atoms with Crippen molar-refractivity contribution in [3.63, 3.8) is 0 Å². The van der Waals surface area contributed by atoms with Gasteiger partial charge in [-0.05, 0) is 42.9 Å². The molecule has 0 radical (unpaired) electrons. The summed E-state index contributed by atoms with van der Waals surface area (Å²) in [5, 5.41) is 15.6. The monoisotopic (exact) mass is 316 g/mol. The quantitative estimate of drug-likeness (QED) is 0.795. The number of hydrogen-bond acceptors (Lipinski definition) is 2. The van der Waals surface area contributed by atoms with Crippen LogP contribution in [0.15, 0.2) is 18.2 Å². The Morgan fingerprint density at radius 2 is 2.00 bits per heavy atom. The first-order chi connectivity index (χ1) is 9.60. The summed E-state index contributed by atoms with van der Waals surface area (Å²) < 4.78 is 0. The van der Waals surface area contributed by atoms with E-state index in [1.54, 1.807) is 18.2 Å². The minimum Gasteiger partial charge on any atom is -0.396 e. The maximum absolute atomic E-state index is 11.8. The number of hydrogen-bond donors (Lipinski definition) is 3. The van der Waals surface area contributed by atoms with Crippen molar-refractivity contribution in [3.05, 3.63) is 28.2 Å². The number of amides is 2. The molecule has 2 unspecified atom stereocenters. The summed E-state index contributed by atoms with van der Waals surface area (Å²) >= 11 is 11.7. The second-order valence-electron chi connectivity index (χ2n) is 5.10. The topological polar surface area (TPSA) is 61.4 Å². The van der Waals surface area contributed by atoms with Gasteiger partial charge < -0.3 is 15.7 Å². The van der Waals surface area contributed by atoms with Crippen molar-refractivity contribution >= 4 is 34.9 Å². The number of urea groups is 1. The van der Waals surface area contributed by atoms with Gasteiger partial charge in [-0.2, -0.15) is 0 Å². The molecule has 1 saturated carbocycles. The van der Waals surface area contributed by atoms with Gasteiger partial charge in [-0.15, -0.1) is 0 Å². The van der Waals surface area contributed by atoms with Gasteiger partial charge in [0.2, 0.25) is 0 Å². The molecule has 20 heavy (non-hydrogen) atoms. The lowest BCUT2D eigenvalue weighted by Crippen LogP contribution is -2.34. The zero-order valence-corrected chi connectivity index (χ0v) is 12.5. The van der Waals surface area contributed by atoms with Crippen LogP contribution in [0.4, 0.5) is 10.5 Å². The average Bonchev–Trinajstić information content (AvgIpc) is 2.88. The van der Waals surface area contributed by atoms with Crippen LogP contribution in [-0.2, 0) is 0 Å². The Morgan fingerprint density at radius 3 is 2.70 bits per heavy atom. The number of nitrogens with one attached hydrogen (secondary N) is 2. The van der Waals surface area contributed by atoms with Gasteiger partial charge in [0.15, 0.2) is 0 Å². The summed E-state index contributed by atoms with van der Waals surface area (Å²) in [7, 11) is 0. The molecule has 3 N–H and O–H groups in total. The third kappa shape index (κ3) is 4.01. The number of benzene rings is 1. The molecule has 110 valence electrons. The molecule has 1 fully saturated rings. The van der Waals surface area contributed by atoms with Gasteiger partial charge in [-0.3, -0.25) is 0 Å². The number of aliphatic hydroxyl groups excluding tert-OH is 1. The van der Waals surface area contributed by atoms with Crippen molar-refractivity contribution in [2.75, 3.05) is 18.5 Å². The third-order valence-corrected chi connectivity index (χ3v) is 4.49. The highest BCUT2D eigenvalue weighted by Crippen LogP contribution is 2.30. The first-order valence-corrected chi connectivity index (χ1v) is 7.46. The van der Waals surface area contributed by atoms with Crippen LogP contribution in [0, 0.1) is 11.8 Å². The molecule has 0 spiro atoms. The molecule has 4 nitrogen and oxygen atoms in total. The summed E-state index contributed by atoms with van der Waals surface area (Å²) in [6, 6.07) is 4.67. The van der Waals surface area contributed by atoms with Crippen molar-refractivity contribution in [1.29, 1.82) is 0 Å². The van der Waals surface area contributed by atoms with Crippen LogP contribution in [0.25, 0.3) is 0 Å². The molecule has 0 heterocycles. The fourth-order valence-electron chi connectivity index (χ4n) is 2.60. The molecule has 6 heteroatoms. The van der Waals surface area contributed by atoms with E-state index < -0.39 is 0 Å². The zero-order valence-electron chi connectivity index (χ0n) is 11.0. The van der Waals surface area contributed by atoms with E-state index in [1.807, 2.05) is 0 Å². The van der Waals surface area contributed by atoms with E-state index in [1.165, 1.54) is 0 Å². The fourth-order valence-corrected chi connectivity index (χ4v) is 2.89. The summed E-state index contributed by atoms with van der Waals surface area (Å²) in [5.41, 5.74) is 0.599. The largest absolute Gasteiger partial charge is 0.396 e. The second kappa shape index (κ2) is 7.16. The van der Waals surface area contributed by atoms with Crippen LogP contribution in [0.1, 0.15) is 19.3 Å². The highest BCUT2D eigenvalue weighted by Gasteiger charge is 2.26. The SMILES string of the molecule is O=C(NCC1CCCC1CO)Nc1ccc(Cl)c(Cl)c1. The van der Waals surface area contributed by atoms with Crippen LogP contribution in [0.3, 0.4) is 0 Å². The Labute approximate surface area is 128 Å². The summed E-state index contributed by atoms with van der Waals surface area (Å²) in [4.78, 5) is 11.8. The maximum atomic E-state index is 11.8. The molecule has 0 bridgehead atoms. The van der Waals surface area contributed by atoms with Crippen molar-refractivity contribution < 1.29 is 9.90 Å². The Bertz CT molecular complexity index is 482. The van der Waals surface area contributed by atoms with E-state index in [0.717, 1.165) is 19.3 Å². The molecule has 1 aliphatic rings. The van der Waals surface area contributed by atoms with E-state index in [-0.39, 0.29) is 12.6 Å². The molecule has 0 aliphatic heterocycles. The molecule has 2 rings (SSSR count). The predicted molar refractivity (Wildman–Crippen MR) is 81.4 cm³/mol. The Balaban J connectivity index is 1.81. The summed E-state index contributed by atoms with van der Waals surface area (Å²) in [6.45, 7) is 0.777. The maximum Gasteiger partial charge on any atom is 0.319 e. The second-order valence-corrected chi connectivity index (χ2v) is 5.91. The van der Waals surface area contributed by atoms with Crippen molar-refractivity contribution in [2.24, 2.45) is 11.8 Å². The predicted octanol–water partition coefficient (Wildman–Crippen LogP) is 3.52. The summed E-state index contributed by atoms with van der Waals surface area (Å²) in [6.07, 6.45) is 3.21. The molecular formula is C14H18Cl2N2O2. The first kappa shape index (κ1) is 15.4. The number of anilines is 1. The number of carbonyl (C=O) groups excluding carboxylic acids is 1. The van der Waals surface area contributed by atoms with E-state index in [2.05, 4.69) is 10.6 Å². The Kier molecular flexibility index (Phi) is 5.52. The normalized spacial score (nSPS) is 21.8. The molecule has 2 amide bonds. The molecular weight excluding hydrogens is 299 g/mol. The number of carbonyl (C=O) groups is 1. The van der Waals surface area contributed by atoms with Crippen LogP contribution in [-0.4, -0.2) is 24.3 Å². The van der Waals surface area contributed by atoms with Crippen LogP contribution >= 0.6 is 23.2 Å². The minimum atomic E-state index is -0.271. The van der Waals surface area contributed by atoms with Crippen LogP contribution in [0.2, 0.25) is 10.0 Å². The van der Waals surface area contributed by atoms with Crippen LogP contribution < -0.4 is 10.6 Å². The van der Waals surface area contributed by atoms with E-state index >= 15 is 0 Å². The first-order valence-electron chi connectivity index (χ1n) is 6.71. The van der Waals surface area contributed by atoms with Crippen molar-refractivity contribution in [2.45, 2.75) is 19.3 Å². The van der Waals surface area contributed by atoms with Gasteiger partial charge in [0, 0.05) is 18.8 Å². The molecule has 0 aromatic heterocycles. The molecule has 1 aromatic rings. The number of halogens is 2. The van der Waals surface area contributed by atoms with E-state index in [4.69, 9.17) is 23.2 Å². The third-order valence-electron chi connectivity index (χ3n) is 3.75. The van der Waals surface area contributed by atoms with Gasteiger partial charge in [0.25, 0.3) is 0 Å². The number of aliphatic hydroxyl groups is 1. The Hall–Kier alpha value is -0.970. The van der Waals surface area contributed by atoms with Gasteiger partial charge in [0.1, 0.15) is 0 Å². The standard InChI is InChI=1S/C14H18Cl2N2O2/c15-12-5-4-11(6-13(12)16)18-14(20)17-7-9-2-1-3-10(9)8-19/h4-6,9-10,19H,1-3,7-8H2,(H2,17,18,20). The van der Waals surface area contributed by atoms with E-state index in [9.17, 15) is 9.90 Å². The summed E-state index contributed by atoms with van der Waals surface area (Å²) in [5.74, 6) is 0.667. The van der Waals surface area contributed by atoms with Crippen molar-refractivity contribution in [1.82, 2.24) is 5.32 Å². The lowest BCUT2D eigenvalue weighted by Gasteiger charge is -2.18. The van der Waals surface area contributed by atoms with Gasteiger partial charge >= 0.3 is 6.03 Å². The average molecular weight is 317 g/mol. The van der Waals surface area contributed by atoms with Gasteiger partial charge in [-0.25, -0.2) is 4.79 Å². The lowest BCUT2D eigenvalue weighted by atomic mass is 9.97. The van der Waals surface area contributed by atoms with Gasteiger partial charge in [0.05, 0.1) is 10.0 Å². The molecule has 1 aliphatic carbocycles. The zero-order chi connectivity index (χ0) is 14.5. The fraction of sp³-hybridized carbons (Fsp3) is 0.500. The number of rotatable bonds is 4.